The van der Waals surface area contributed by atoms with E-state index in [1.807, 2.05) is 43.5 Å². The smallest absolute Gasteiger partial charge is 0.358 e. The zero-order valence-electron chi connectivity index (χ0n) is 15.9. The van der Waals surface area contributed by atoms with Crippen LogP contribution < -0.4 is 5.63 Å². The van der Waals surface area contributed by atoms with E-state index >= 15 is 0 Å². The van der Waals surface area contributed by atoms with Gasteiger partial charge in [-0.05, 0) is 48.2 Å². The lowest BCUT2D eigenvalue weighted by Crippen LogP contribution is -2.08. The summed E-state index contributed by atoms with van der Waals surface area (Å²) in [5, 5.41) is 0.775. The highest BCUT2D eigenvalue weighted by molar-refractivity contribution is 5.88. The molecule has 0 saturated heterocycles. The Hall–Kier alpha value is -3.41. The van der Waals surface area contributed by atoms with Gasteiger partial charge in [0.2, 0.25) is 0 Å². The first-order valence-corrected chi connectivity index (χ1v) is 9.10. The summed E-state index contributed by atoms with van der Waals surface area (Å²) in [4.78, 5) is 28.6. The Bertz CT molecular complexity index is 1220. The Kier molecular flexibility index (Phi) is 4.47. The average molecular weight is 376 g/mol. The summed E-state index contributed by atoms with van der Waals surface area (Å²) in [5.41, 5.74) is 3.75. The number of nitrogens with zero attached hydrogens (tertiary/aromatic N) is 2. The highest BCUT2D eigenvalue weighted by Crippen LogP contribution is 2.27. The molecule has 0 N–H and O–H groups in total. The monoisotopic (exact) mass is 376 g/mol. The lowest BCUT2D eigenvalue weighted by atomic mass is 9.95. The quantitative estimate of drug-likeness (QED) is 0.394. The molecule has 0 unspecified atom stereocenters. The van der Waals surface area contributed by atoms with E-state index in [9.17, 15) is 9.59 Å². The Morgan fingerprint density at radius 1 is 1.25 bits per heavy atom. The molecular weight excluding hydrogens is 356 g/mol. The van der Waals surface area contributed by atoms with Gasteiger partial charge in [0.1, 0.15) is 17.8 Å². The number of carbonyl (C=O) groups is 1. The van der Waals surface area contributed by atoms with Gasteiger partial charge in [0.25, 0.3) is 0 Å². The summed E-state index contributed by atoms with van der Waals surface area (Å²) in [5.74, 6) is -0.217. The Labute approximate surface area is 161 Å². The summed E-state index contributed by atoms with van der Waals surface area (Å²) >= 11 is 0. The van der Waals surface area contributed by atoms with Crippen molar-refractivity contribution in [1.82, 2.24) is 9.38 Å². The molecule has 142 valence electrons. The third-order valence-corrected chi connectivity index (χ3v) is 4.77. The molecule has 0 saturated carbocycles. The average Bonchev–Trinajstić information content (AvgIpc) is 3.09. The Morgan fingerprint density at radius 3 is 2.82 bits per heavy atom. The zero-order chi connectivity index (χ0) is 19.8. The summed E-state index contributed by atoms with van der Waals surface area (Å²) in [6.45, 7) is 6.17. The van der Waals surface area contributed by atoms with E-state index in [0.717, 1.165) is 16.5 Å². The van der Waals surface area contributed by atoms with Crippen LogP contribution in [0.5, 0.6) is 0 Å². The van der Waals surface area contributed by atoms with Crippen LogP contribution in [0, 0.1) is 6.92 Å². The largest absolute Gasteiger partial charge is 0.456 e. The third-order valence-electron chi connectivity index (χ3n) is 4.77. The lowest BCUT2D eigenvalue weighted by Gasteiger charge is -2.13. The van der Waals surface area contributed by atoms with Crippen molar-refractivity contribution in [2.45, 2.75) is 33.3 Å². The van der Waals surface area contributed by atoms with Crippen LogP contribution in [0.15, 0.2) is 58.0 Å². The molecule has 0 bridgehead atoms. The molecule has 1 aromatic carbocycles. The number of rotatable bonds is 4. The van der Waals surface area contributed by atoms with E-state index in [4.69, 9.17) is 9.15 Å². The van der Waals surface area contributed by atoms with Gasteiger partial charge in [-0.3, -0.25) is 0 Å². The van der Waals surface area contributed by atoms with Crippen LogP contribution >= 0.6 is 0 Å². The van der Waals surface area contributed by atoms with Gasteiger partial charge < -0.3 is 13.6 Å². The predicted octanol–water partition coefficient (Wildman–Crippen LogP) is 4.23. The van der Waals surface area contributed by atoms with Gasteiger partial charge in [0.05, 0.1) is 0 Å². The number of pyridine rings is 1. The Morgan fingerprint density at radius 2 is 2.07 bits per heavy atom. The van der Waals surface area contributed by atoms with E-state index < -0.39 is 11.6 Å². The zero-order valence-corrected chi connectivity index (χ0v) is 15.9. The highest BCUT2D eigenvalue weighted by atomic mass is 16.5. The molecule has 3 heterocycles. The van der Waals surface area contributed by atoms with Crippen LogP contribution in [-0.2, 0) is 11.3 Å². The van der Waals surface area contributed by atoms with Gasteiger partial charge in [0, 0.05) is 29.4 Å². The second-order valence-electron chi connectivity index (χ2n) is 7.12. The summed E-state index contributed by atoms with van der Waals surface area (Å²) in [6.07, 6.45) is 3.43. The summed E-state index contributed by atoms with van der Waals surface area (Å²) in [6, 6.07) is 10.8. The molecule has 28 heavy (non-hydrogen) atoms. The first-order valence-electron chi connectivity index (χ1n) is 9.10. The fourth-order valence-corrected chi connectivity index (χ4v) is 3.38. The van der Waals surface area contributed by atoms with Crippen molar-refractivity contribution in [3.63, 3.8) is 0 Å². The number of fused-ring (bicyclic) bond motifs is 2. The number of aryl methyl sites for hydroxylation is 1. The molecule has 0 fully saturated rings. The number of imidazole rings is 1. The number of ether oxygens (including phenoxy) is 1. The first-order chi connectivity index (χ1) is 13.4. The number of benzene rings is 1. The van der Waals surface area contributed by atoms with Crippen molar-refractivity contribution in [3.05, 3.63) is 81.6 Å². The topological polar surface area (TPSA) is 73.8 Å². The second kappa shape index (κ2) is 6.96. The molecule has 6 nitrogen and oxygen atoms in total. The molecule has 4 rings (SSSR count). The van der Waals surface area contributed by atoms with Crippen molar-refractivity contribution in [2.75, 3.05) is 0 Å². The van der Waals surface area contributed by atoms with Crippen LogP contribution in [0.25, 0.3) is 16.6 Å². The number of esters is 1. The van der Waals surface area contributed by atoms with E-state index in [1.165, 1.54) is 6.07 Å². The molecule has 0 atom stereocenters. The molecule has 0 aliphatic heterocycles. The molecule has 0 aliphatic rings. The van der Waals surface area contributed by atoms with Crippen molar-refractivity contribution < 1.29 is 13.9 Å². The van der Waals surface area contributed by atoms with Crippen LogP contribution in [0.1, 0.15) is 46.9 Å². The molecule has 0 aliphatic carbocycles. The normalized spacial score (nSPS) is 11.4. The predicted molar refractivity (Wildman–Crippen MR) is 106 cm³/mol. The van der Waals surface area contributed by atoms with Gasteiger partial charge in [-0.2, -0.15) is 0 Å². The van der Waals surface area contributed by atoms with Gasteiger partial charge in [-0.25, -0.2) is 14.6 Å². The minimum absolute atomic E-state index is 0.0323. The second-order valence-corrected chi connectivity index (χ2v) is 7.12. The molecule has 0 amide bonds. The van der Waals surface area contributed by atoms with Crippen LogP contribution in [-0.4, -0.2) is 15.4 Å². The fourth-order valence-electron chi connectivity index (χ4n) is 3.38. The van der Waals surface area contributed by atoms with Crippen molar-refractivity contribution in [2.24, 2.45) is 0 Å². The maximum Gasteiger partial charge on any atom is 0.358 e. The lowest BCUT2D eigenvalue weighted by molar-refractivity contribution is 0.0467. The molecule has 0 spiro atoms. The van der Waals surface area contributed by atoms with Crippen LogP contribution in [0.3, 0.4) is 0 Å². The minimum Gasteiger partial charge on any atom is -0.456 e. The number of aromatic nitrogens is 2. The van der Waals surface area contributed by atoms with Crippen molar-refractivity contribution >= 4 is 22.6 Å². The minimum atomic E-state index is -0.540. The first kappa shape index (κ1) is 18.0. The maximum atomic E-state index is 12.4. The van der Waals surface area contributed by atoms with E-state index in [0.29, 0.717) is 22.7 Å². The highest BCUT2D eigenvalue weighted by Gasteiger charge is 2.15. The van der Waals surface area contributed by atoms with Crippen LogP contribution in [0.4, 0.5) is 0 Å². The van der Waals surface area contributed by atoms with Crippen LogP contribution in [0.2, 0.25) is 0 Å². The van der Waals surface area contributed by atoms with E-state index in [2.05, 4.69) is 18.8 Å². The van der Waals surface area contributed by atoms with Gasteiger partial charge >= 0.3 is 11.6 Å². The SMILES string of the molecule is Cc1cc2oc(=O)cc(COC(=O)c3cn4ccccc4n3)c2cc1C(C)C. The number of hydrogen-bond donors (Lipinski definition) is 0. The van der Waals surface area contributed by atoms with Gasteiger partial charge in [-0.15, -0.1) is 0 Å². The number of hydrogen-bond acceptors (Lipinski definition) is 5. The van der Waals surface area contributed by atoms with Gasteiger partial charge in [0.15, 0.2) is 5.69 Å². The van der Waals surface area contributed by atoms with Crippen molar-refractivity contribution in [1.29, 1.82) is 0 Å². The fraction of sp³-hybridized carbons (Fsp3) is 0.227. The standard InChI is InChI=1S/C22H20N2O4/c1-13(2)16-10-17-15(9-21(25)28-19(17)8-14(16)3)12-27-22(26)18-11-24-7-5-4-6-20(24)23-18/h4-11,13H,12H2,1-3H3. The summed E-state index contributed by atoms with van der Waals surface area (Å²) < 4.78 is 12.5. The maximum absolute atomic E-state index is 12.4. The molecular formula is C22H20N2O4. The number of carbonyl (C=O) groups excluding carboxylic acids is 1. The van der Waals surface area contributed by atoms with E-state index in [1.54, 1.807) is 10.6 Å². The Balaban J connectivity index is 1.66. The molecule has 6 heteroatoms. The molecule has 0 radical (unpaired) electrons. The summed E-state index contributed by atoms with van der Waals surface area (Å²) in [7, 11) is 0. The van der Waals surface area contributed by atoms with Gasteiger partial charge in [-0.1, -0.05) is 19.9 Å². The van der Waals surface area contributed by atoms with Crippen molar-refractivity contribution in [3.8, 4) is 0 Å². The molecule has 3 aromatic heterocycles. The van der Waals surface area contributed by atoms with E-state index in [-0.39, 0.29) is 12.3 Å². The molecule has 4 aromatic rings. The third kappa shape index (κ3) is 3.29.